The first-order valence-corrected chi connectivity index (χ1v) is 11.6. The maximum Gasteiger partial charge on any atom is 0.324 e. The van der Waals surface area contributed by atoms with Gasteiger partial charge >= 0.3 is 5.97 Å². The molecule has 0 aliphatic heterocycles. The molecule has 0 fully saturated rings. The van der Waals surface area contributed by atoms with Gasteiger partial charge in [-0.2, -0.15) is 4.72 Å². The molecule has 0 aromatic heterocycles. The van der Waals surface area contributed by atoms with Gasteiger partial charge in [-0.15, -0.1) is 0 Å². The van der Waals surface area contributed by atoms with Gasteiger partial charge in [0.05, 0.1) is 11.5 Å². The van der Waals surface area contributed by atoms with E-state index in [1.807, 2.05) is 31.2 Å². The number of unbranched alkanes of at least 4 members (excludes halogenated alkanes) is 1. The van der Waals surface area contributed by atoms with E-state index < -0.39 is 22.0 Å². The molecule has 152 valence electrons. The summed E-state index contributed by atoms with van der Waals surface area (Å²) in [6, 6.07) is 13.4. The van der Waals surface area contributed by atoms with Crippen molar-refractivity contribution in [1.82, 2.24) is 4.72 Å². The van der Waals surface area contributed by atoms with Crippen molar-refractivity contribution >= 4 is 31.9 Å². The summed E-state index contributed by atoms with van der Waals surface area (Å²) in [6.07, 6.45) is 1.65. The SMILES string of the molecule is CCCCOC(=O)[C@@H](NS(=O)(=O)c1ccc(-c2ccc(Br)cc2)cc1)C(C)C. The first-order valence-electron chi connectivity index (χ1n) is 9.29. The molecule has 0 saturated carbocycles. The van der Waals surface area contributed by atoms with Crippen molar-refractivity contribution in [2.45, 2.75) is 44.6 Å². The molecule has 7 heteroatoms. The molecule has 1 atom stereocenters. The van der Waals surface area contributed by atoms with Crippen LogP contribution in [0.1, 0.15) is 33.6 Å². The Morgan fingerprint density at radius 2 is 1.57 bits per heavy atom. The Kier molecular flexibility index (Phi) is 8.22. The fourth-order valence-electron chi connectivity index (χ4n) is 2.57. The van der Waals surface area contributed by atoms with Crippen LogP contribution in [0, 0.1) is 5.92 Å². The Balaban J connectivity index is 2.15. The minimum Gasteiger partial charge on any atom is -0.464 e. The number of sulfonamides is 1. The molecule has 2 aromatic rings. The first kappa shape index (κ1) is 22.6. The second kappa shape index (κ2) is 10.2. The van der Waals surface area contributed by atoms with Crippen LogP contribution in [0.25, 0.3) is 11.1 Å². The van der Waals surface area contributed by atoms with Gasteiger partial charge in [0.2, 0.25) is 10.0 Å². The van der Waals surface area contributed by atoms with Gasteiger partial charge in [-0.3, -0.25) is 4.79 Å². The Morgan fingerprint density at radius 1 is 1.04 bits per heavy atom. The molecule has 28 heavy (non-hydrogen) atoms. The molecule has 0 heterocycles. The van der Waals surface area contributed by atoms with Crippen molar-refractivity contribution in [2.24, 2.45) is 5.92 Å². The predicted octanol–water partition coefficient (Wildman–Crippen LogP) is 4.76. The Labute approximate surface area is 175 Å². The van der Waals surface area contributed by atoms with Crippen molar-refractivity contribution in [3.63, 3.8) is 0 Å². The molecule has 0 bridgehead atoms. The lowest BCUT2D eigenvalue weighted by molar-refractivity contribution is -0.146. The minimum absolute atomic E-state index is 0.111. The fourth-order valence-corrected chi connectivity index (χ4v) is 4.16. The van der Waals surface area contributed by atoms with Gasteiger partial charge in [-0.25, -0.2) is 8.42 Å². The number of hydrogen-bond acceptors (Lipinski definition) is 4. The topological polar surface area (TPSA) is 72.5 Å². The van der Waals surface area contributed by atoms with Crippen LogP contribution < -0.4 is 4.72 Å². The minimum atomic E-state index is -3.84. The maximum atomic E-state index is 12.7. The second-order valence-corrected chi connectivity index (χ2v) is 9.52. The highest BCUT2D eigenvalue weighted by atomic mass is 79.9. The van der Waals surface area contributed by atoms with Crippen LogP contribution in [-0.4, -0.2) is 27.0 Å². The number of benzene rings is 2. The van der Waals surface area contributed by atoms with Gasteiger partial charge in [0.25, 0.3) is 0 Å². The number of ether oxygens (including phenoxy) is 1. The summed E-state index contributed by atoms with van der Waals surface area (Å²) in [7, 11) is -3.84. The smallest absolute Gasteiger partial charge is 0.324 e. The molecular weight excluding hydrogens is 442 g/mol. The standard InChI is InChI=1S/C21H26BrNO4S/c1-4-5-14-27-21(24)20(15(2)3)23-28(25,26)19-12-8-17(9-13-19)16-6-10-18(22)11-7-16/h6-13,15,20,23H,4-5,14H2,1-3H3/t20-/m0/s1. The summed E-state index contributed by atoms with van der Waals surface area (Å²) in [5, 5.41) is 0. The van der Waals surface area contributed by atoms with E-state index in [4.69, 9.17) is 4.74 Å². The molecule has 2 rings (SSSR count). The molecule has 0 unspecified atom stereocenters. The van der Waals surface area contributed by atoms with Crippen LogP contribution in [0.2, 0.25) is 0 Å². The van der Waals surface area contributed by atoms with Gasteiger partial charge in [0.15, 0.2) is 0 Å². The zero-order valence-electron chi connectivity index (χ0n) is 16.3. The largest absolute Gasteiger partial charge is 0.464 e. The van der Waals surface area contributed by atoms with Crippen molar-refractivity contribution in [3.05, 3.63) is 53.0 Å². The molecular formula is C21H26BrNO4S. The van der Waals surface area contributed by atoms with Crippen LogP contribution in [0.3, 0.4) is 0 Å². The zero-order valence-corrected chi connectivity index (χ0v) is 18.7. The number of hydrogen-bond donors (Lipinski definition) is 1. The average molecular weight is 468 g/mol. The number of carbonyl (C=O) groups is 1. The van der Waals surface area contributed by atoms with Crippen LogP contribution in [0.15, 0.2) is 57.9 Å². The highest BCUT2D eigenvalue weighted by Gasteiger charge is 2.29. The van der Waals surface area contributed by atoms with E-state index in [1.54, 1.807) is 38.1 Å². The third-order valence-electron chi connectivity index (χ3n) is 4.29. The molecule has 1 N–H and O–H groups in total. The van der Waals surface area contributed by atoms with Crippen molar-refractivity contribution < 1.29 is 17.9 Å². The molecule has 2 aromatic carbocycles. The molecule has 0 spiro atoms. The molecule has 0 aliphatic carbocycles. The monoisotopic (exact) mass is 467 g/mol. The highest BCUT2D eigenvalue weighted by Crippen LogP contribution is 2.23. The Morgan fingerprint density at radius 3 is 2.07 bits per heavy atom. The van der Waals surface area contributed by atoms with E-state index >= 15 is 0 Å². The van der Waals surface area contributed by atoms with Crippen LogP contribution in [0.5, 0.6) is 0 Å². The van der Waals surface area contributed by atoms with E-state index in [-0.39, 0.29) is 10.8 Å². The molecule has 0 saturated heterocycles. The number of rotatable bonds is 9. The lowest BCUT2D eigenvalue weighted by atomic mass is 10.1. The molecule has 0 radical (unpaired) electrons. The van der Waals surface area contributed by atoms with Crippen molar-refractivity contribution in [1.29, 1.82) is 0 Å². The van der Waals surface area contributed by atoms with Gasteiger partial charge in [0.1, 0.15) is 6.04 Å². The third-order valence-corrected chi connectivity index (χ3v) is 6.27. The third kappa shape index (κ3) is 6.15. The van der Waals surface area contributed by atoms with E-state index in [0.717, 1.165) is 28.4 Å². The summed E-state index contributed by atoms with van der Waals surface area (Å²) in [4.78, 5) is 12.4. The Hall–Kier alpha value is -1.70. The maximum absolute atomic E-state index is 12.7. The van der Waals surface area contributed by atoms with Gasteiger partial charge < -0.3 is 4.74 Å². The highest BCUT2D eigenvalue weighted by molar-refractivity contribution is 9.10. The molecule has 0 aliphatic rings. The van der Waals surface area contributed by atoms with Crippen LogP contribution in [0.4, 0.5) is 0 Å². The molecule has 5 nitrogen and oxygen atoms in total. The van der Waals surface area contributed by atoms with Gasteiger partial charge in [-0.1, -0.05) is 67.4 Å². The summed E-state index contributed by atoms with van der Waals surface area (Å²) in [6.45, 7) is 5.85. The summed E-state index contributed by atoms with van der Waals surface area (Å²) in [5.41, 5.74) is 1.89. The van der Waals surface area contributed by atoms with Crippen LogP contribution >= 0.6 is 15.9 Å². The summed E-state index contributed by atoms with van der Waals surface area (Å²) < 4.78 is 34.2. The number of nitrogens with one attached hydrogen (secondary N) is 1. The van der Waals surface area contributed by atoms with Gasteiger partial charge in [-0.05, 0) is 47.7 Å². The molecule has 0 amide bonds. The lowest BCUT2D eigenvalue weighted by Gasteiger charge is -2.21. The van der Waals surface area contributed by atoms with E-state index in [2.05, 4.69) is 20.7 Å². The lowest BCUT2D eigenvalue weighted by Crippen LogP contribution is -2.45. The number of carbonyl (C=O) groups excluding carboxylic acids is 1. The first-order chi connectivity index (χ1) is 13.2. The zero-order chi connectivity index (χ0) is 20.7. The van der Waals surface area contributed by atoms with Crippen molar-refractivity contribution in [2.75, 3.05) is 6.61 Å². The number of halogens is 1. The predicted molar refractivity (Wildman–Crippen MR) is 114 cm³/mol. The fraction of sp³-hybridized carbons (Fsp3) is 0.381. The normalized spacial score (nSPS) is 12.8. The van der Waals surface area contributed by atoms with Crippen molar-refractivity contribution in [3.8, 4) is 11.1 Å². The Bertz CT molecular complexity index is 878. The van der Waals surface area contributed by atoms with E-state index in [1.165, 1.54) is 0 Å². The average Bonchev–Trinajstić information content (AvgIpc) is 2.67. The van der Waals surface area contributed by atoms with E-state index in [0.29, 0.717) is 6.61 Å². The van der Waals surface area contributed by atoms with E-state index in [9.17, 15) is 13.2 Å². The summed E-state index contributed by atoms with van der Waals surface area (Å²) in [5.74, 6) is -0.774. The summed E-state index contributed by atoms with van der Waals surface area (Å²) >= 11 is 3.40. The van der Waals surface area contributed by atoms with Crippen LogP contribution in [-0.2, 0) is 19.6 Å². The quantitative estimate of drug-likeness (QED) is 0.426. The number of esters is 1. The second-order valence-electron chi connectivity index (χ2n) is 6.90. The van der Waals surface area contributed by atoms with Gasteiger partial charge in [0, 0.05) is 4.47 Å².